The Kier molecular flexibility index (Phi) is 3.06. The molecule has 0 atom stereocenters. The number of nitrogens with zero attached hydrogens (tertiary/aromatic N) is 3. The Morgan fingerprint density at radius 1 is 1.53 bits per heavy atom. The molecular weight excluding hydrogens is 266 g/mol. The molecule has 2 aromatic heterocycles. The van der Waals surface area contributed by atoms with Crippen molar-refractivity contribution in [2.24, 2.45) is 0 Å². The summed E-state index contributed by atoms with van der Waals surface area (Å²) in [5.74, 6) is -0.290. The standard InChI is InChI=1S/C12H13N3O3S/c1-18-9-5-4-8-11(14-9)15(7-2-3-7)12(13-8)19-6-10(16)17/h4-5,7H,2-3,6H2,1H3,(H,16,17). The van der Waals surface area contributed by atoms with Crippen molar-refractivity contribution in [3.8, 4) is 5.88 Å². The lowest BCUT2D eigenvalue weighted by Gasteiger charge is -2.05. The number of aromatic nitrogens is 3. The van der Waals surface area contributed by atoms with Crippen molar-refractivity contribution in [1.29, 1.82) is 0 Å². The Hall–Kier alpha value is -1.76. The first kappa shape index (κ1) is 12.3. The van der Waals surface area contributed by atoms with Crippen LogP contribution in [0.2, 0.25) is 0 Å². The van der Waals surface area contributed by atoms with Crippen LogP contribution in [0.5, 0.6) is 5.88 Å². The van der Waals surface area contributed by atoms with Crippen LogP contribution in [-0.4, -0.2) is 38.5 Å². The van der Waals surface area contributed by atoms with Gasteiger partial charge in [0.15, 0.2) is 10.8 Å². The molecule has 1 aliphatic carbocycles. The normalized spacial score (nSPS) is 14.8. The maximum Gasteiger partial charge on any atom is 0.313 e. The van der Waals surface area contributed by atoms with Crippen LogP contribution in [0.25, 0.3) is 11.2 Å². The van der Waals surface area contributed by atoms with Crippen molar-refractivity contribution in [3.05, 3.63) is 12.1 Å². The van der Waals surface area contributed by atoms with E-state index in [9.17, 15) is 4.79 Å². The fourth-order valence-corrected chi connectivity index (χ4v) is 2.73. The van der Waals surface area contributed by atoms with Crippen molar-refractivity contribution in [2.75, 3.05) is 12.9 Å². The van der Waals surface area contributed by atoms with E-state index in [1.165, 1.54) is 11.8 Å². The number of methoxy groups -OCH3 is 1. The van der Waals surface area contributed by atoms with Gasteiger partial charge in [-0.05, 0) is 18.9 Å². The van der Waals surface area contributed by atoms with Gasteiger partial charge < -0.3 is 14.4 Å². The lowest BCUT2D eigenvalue weighted by molar-refractivity contribution is -0.133. The van der Waals surface area contributed by atoms with Gasteiger partial charge in [0.2, 0.25) is 5.88 Å². The number of pyridine rings is 1. The second-order valence-corrected chi connectivity index (χ2v) is 5.32. The van der Waals surface area contributed by atoms with E-state index in [-0.39, 0.29) is 5.75 Å². The Labute approximate surface area is 113 Å². The Bertz CT molecular complexity index is 636. The zero-order valence-electron chi connectivity index (χ0n) is 10.4. The number of fused-ring (bicyclic) bond motifs is 1. The molecule has 0 unspecified atom stereocenters. The van der Waals surface area contributed by atoms with Gasteiger partial charge in [0.05, 0.1) is 12.9 Å². The van der Waals surface area contributed by atoms with E-state index in [0.717, 1.165) is 29.2 Å². The smallest absolute Gasteiger partial charge is 0.313 e. The summed E-state index contributed by atoms with van der Waals surface area (Å²) in [6, 6.07) is 4.00. The van der Waals surface area contributed by atoms with E-state index in [4.69, 9.17) is 9.84 Å². The highest BCUT2D eigenvalue weighted by molar-refractivity contribution is 7.99. The highest BCUT2D eigenvalue weighted by atomic mass is 32.2. The first-order valence-electron chi connectivity index (χ1n) is 5.96. The monoisotopic (exact) mass is 279 g/mol. The van der Waals surface area contributed by atoms with E-state index >= 15 is 0 Å². The number of imidazole rings is 1. The molecule has 0 amide bonds. The number of carbonyl (C=O) groups is 1. The maximum absolute atomic E-state index is 10.7. The van der Waals surface area contributed by atoms with Gasteiger partial charge in [0.1, 0.15) is 5.52 Å². The summed E-state index contributed by atoms with van der Waals surface area (Å²) in [7, 11) is 1.58. The van der Waals surface area contributed by atoms with Gasteiger partial charge in [0, 0.05) is 12.1 Å². The molecule has 2 heterocycles. The molecule has 1 fully saturated rings. The summed E-state index contributed by atoms with van der Waals surface area (Å²) in [4.78, 5) is 19.6. The predicted octanol–water partition coefficient (Wildman–Crippen LogP) is 1.95. The van der Waals surface area contributed by atoms with Gasteiger partial charge in [-0.25, -0.2) is 4.98 Å². The molecule has 7 heteroatoms. The minimum Gasteiger partial charge on any atom is -0.481 e. The van der Waals surface area contributed by atoms with Crippen molar-refractivity contribution in [2.45, 2.75) is 24.0 Å². The van der Waals surface area contributed by atoms with Crippen LogP contribution in [0.4, 0.5) is 0 Å². The van der Waals surface area contributed by atoms with E-state index in [2.05, 4.69) is 9.97 Å². The predicted molar refractivity (Wildman–Crippen MR) is 70.7 cm³/mol. The van der Waals surface area contributed by atoms with E-state index < -0.39 is 5.97 Å². The van der Waals surface area contributed by atoms with E-state index in [1.54, 1.807) is 13.2 Å². The van der Waals surface area contributed by atoms with Crippen LogP contribution < -0.4 is 4.74 Å². The minimum absolute atomic E-state index is 0.00712. The number of carboxylic acid groups (broad SMARTS) is 1. The number of thioether (sulfide) groups is 1. The van der Waals surface area contributed by atoms with Crippen LogP contribution >= 0.6 is 11.8 Å². The molecule has 0 aliphatic heterocycles. The Morgan fingerprint density at radius 2 is 2.32 bits per heavy atom. The van der Waals surface area contributed by atoms with Gasteiger partial charge in [-0.2, -0.15) is 4.98 Å². The average molecular weight is 279 g/mol. The second kappa shape index (κ2) is 4.73. The number of ether oxygens (including phenoxy) is 1. The zero-order valence-corrected chi connectivity index (χ0v) is 11.2. The lowest BCUT2D eigenvalue weighted by Crippen LogP contribution is -2.02. The number of aliphatic carboxylic acids is 1. The SMILES string of the molecule is COc1ccc2nc(SCC(=O)O)n(C3CC3)c2n1. The van der Waals surface area contributed by atoms with E-state index in [0.29, 0.717) is 11.9 Å². The molecule has 1 saturated carbocycles. The molecule has 2 aromatic rings. The van der Waals surface area contributed by atoms with Gasteiger partial charge in [-0.1, -0.05) is 11.8 Å². The molecule has 0 radical (unpaired) electrons. The van der Waals surface area contributed by atoms with Crippen LogP contribution in [0, 0.1) is 0 Å². The van der Waals surface area contributed by atoms with Crippen LogP contribution in [0.15, 0.2) is 17.3 Å². The van der Waals surface area contributed by atoms with Crippen LogP contribution in [0.1, 0.15) is 18.9 Å². The molecular formula is C12H13N3O3S. The first-order valence-corrected chi connectivity index (χ1v) is 6.95. The van der Waals surface area contributed by atoms with Gasteiger partial charge in [-0.3, -0.25) is 4.79 Å². The Balaban J connectivity index is 2.05. The molecule has 0 bridgehead atoms. The number of hydrogen-bond donors (Lipinski definition) is 1. The summed E-state index contributed by atoms with van der Waals surface area (Å²) in [6.45, 7) is 0. The second-order valence-electron chi connectivity index (χ2n) is 4.37. The summed E-state index contributed by atoms with van der Waals surface area (Å²) in [5, 5.41) is 9.51. The first-order chi connectivity index (χ1) is 9.19. The molecule has 3 rings (SSSR count). The third-order valence-electron chi connectivity index (χ3n) is 2.93. The van der Waals surface area contributed by atoms with Crippen molar-refractivity contribution < 1.29 is 14.6 Å². The van der Waals surface area contributed by atoms with Crippen molar-refractivity contribution >= 4 is 28.9 Å². The van der Waals surface area contributed by atoms with Gasteiger partial charge in [0.25, 0.3) is 0 Å². The summed E-state index contributed by atoms with van der Waals surface area (Å²) in [5.41, 5.74) is 1.55. The lowest BCUT2D eigenvalue weighted by atomic mass is 10.4. The molecule has 1 aliphatic rings. The fraction of sp³-hybridized carbons (Fsp3) is 0.417. The molecule has 0 aromatic carbocycles. The number of hydrogen-bond acceptors (Lipinski definition) is 5. The van der Waals surface area contributed by atoms with Crippen LogP contribution in [0.3, 0.4) is 0 Å². The largest absolute Gasteiger partial charge is 0.481 e. The molecule has 100 valence electrons. The number of rotatable bonds is 5. The third kappa shape index (κ3) is 2.37. The summed E-state index contributed by atoms with van der Waals surface area (Å²) < 4.78 is 7.16. The molecule has 0 spiro atoms. The highest BCUT2D eigenvalue weighted by Crippen LogP contribution is 2.40. The maximum atomic E-state index is 10.7. The molecule has 0 saturated heterocycles. The van der Waals surface area contributed by atoms with Gasteiger partial charge >= 0.3 is 5.97 Å². The highest BCUT2D eigenvalue weighted by Gasteiger charge is 2.29. The Morgan fingerprint density at radius 3 is 2.95 bits per heavy atom. The van der Waals surface area contributed by atoms with Crippen molar-refractivity contribution in [3.63, 3.8) is 0 Å². The molecule has 6 nitrogen and oxygen atoms in total. The summed E-state index contributed by atoms with van der Waals surface area (Å²) in [6.07, 6.45) is 2.18. The van der Waals surface area contributed by atoms with Crippen LogP contribution in [-0.2, 0) is 4.79 Å². The quantitative estimate of drug-likeness (QED) is 0.843. The zero-order chi connectivity index (χ0) is 13.4. The summed E-state index contributed by atoms with van der Waals surface area (Å²) >= 11 is 1.23. The third-order valence-corrected chi connectivity index (χ3v) is 3.86. The minimum atomic E-state index is -0.843. The van der Waals surface area contributed by atoms with Gasteiger partial charge in [-0.15, -0.1) is 0 Å². The number of carboxylic acids is 1. The van der Waals surface area contributed by atoms with Crippen molar-refractivity contribution in [1.82, 2.24) is 14.5 Å². The molecule has 1 N–H and O–H groups in total. The molecule has 19 heavy (non-hydrogen) atoms. The fourth-order valence-electron chi connectivity index (χ4n) is 1.94. The van der Waals surface area contributed by atoms with E-state index in [1.807, 2.05) is 10.6 Å². The average Bonchev–Trinajstić information content (AvgIpc) is 3.16. The topological polar surface area (TPSA) is 77.2 Å².